The average molecular weight is 344 g/mol. The molecule has 4 N–H and O–H groups in total. The molecule has 0 aromatic heterocycles. The van der Waals surface area contributed by atoms with E-state index >= 15 is 0 Å². The van der Waals surface area contributed by atoms with Gasteiger partial charge >= 0.3 is 0 Å². The maximum absolute atomic E-state index is 11.0. The van der Waals surface area contributed by atoms with Gasteiger partial charge in [0.25, 0.3) is 0 Å². The number of ketones is 1. The van der Waals surface area contributed by atoms with Gasteiger partial charge in [-0.1, -0.05) is 90.4 Å². The molecular weight excluding hydrogens is 302 g/mol. The number of rotatable bonds is 17. The van der Waals surface area contributed by atoms with Crippen LogP contribution in [0.5, 0.6) is 0 Å². The number of hydrogen-bond acceptors (Lipinski definition) is 4. The summed E-state index contributed by atoms with van der Waals surface area (Å²) in [5.41, 5.74) is 5.69. The lowest BCUT2D eigenvalue weighted by atomic mass is 9.97. The molecule has 3 atom stereocenters. The van der Waals surface area contributed by atoms with Gasteiger partial charge in [0.15, 0.2) is 5.78 Å². The SMILES string of the molecule is CCCCCCCCCCCCCCC[C@@H](O)[C@@H](N)C(O)C(C)=O. The van der Waals surface area contributed by atoms with Crippen molar-refractivity contribution in [2.45, 2.75) is 122 Å². The van der Waals surface area contributed by atoms with Gasteiger partial charge in [-0.3, -0.25) is 4.79 Å². The van der Waals surface area contributed by atoms with Gasteiger partial charge in [0, 0.05) is 0 Å². The highest BCUT2D eigenvalue weighted by atomic mass is 16.3. The van der Waals surface area contributed by atoms with E-state index < -0.39 is 18.2 Å². The fourth-order valence-corrected chi connectivity index (χ4v) is 3.05. The topological polar surface area (TPSA) is 83.6 Å². The number of carbonyl (C=O) groups is 1. The molecule has 0 amide bonds. The maximum atomic E-state index is 11.0. The number of aliphatic hydroxyl groups is 2. The Kier molecular flexibility index (Phi) is 15.7. The third-order valence-electron chi connectivity index (χ3n) is 4.83. The van der Waals surface area contributed by atoms with Crippen molar-refractivity contribution >= 4 is 5.78 Å². The Hall–Kier alpha value is -0.450. The summed E-state index contributed by atoms with van der Waals surface area (Å²) in [7, 11) is 0. The molecule has 0 heterocycles. The molecule has 0 bridgehead atoms. The Morgan fingerprint density at radius 2 is 1.17 bits per heavy atom. The van der Waals surface area contributed by atoms with Crippen LogP contribution in [0.15, 0.2) is 0 Å². The first-order chi connectivity index (χ1) is 11.5. The van der Waals surface area contributed by atoms with Crippen molar-refractivity contribution in [3.05, 3.63) is 0 Å². The van der Waals surface area contributed by atoms with Gasteiger partial charge in [-0.2, -0.15) is 0 Å². The van der Waals surface area contributed by atoms with E-state index in [-0.39, 0.29) is 5.78 Å². The summed E-state index contributed by atoms with van der Waals surface area (Å²) in [5.74, 6) is -0.382. The molecule has 0 aliphatic heterocycles. The molecule has 144 valence electrons. The van der Waals surface area contributed by atoms with Crippen LogP contribution in [0, 0.1) is 0 Å². The van der Waals surface area contributed by atoms with Crippen molar-refractivity contribution in [3.63, 3.8) is 0 Å². The molecule has 1 unspecified atom stereocenters. The summed E-state index contributed by atoms with van der Waals surface area (Å²) in [6.45, 7) is 3.55. The van der Waals surface area contributed by atoms with E-state index in [4.69, 9.17) is 5.73 Å². The van der Waals surface area contributed by atoms with Crippen LogP contribution in [0.25, 0.3) is 0 Å². The molecule has 0 radical (unpaired) electrons. The van der Waals surface area contributed by atoms with Crippen molar-refractivity contribution in [1.29, 1.82) is 0 Å². The number of hydrogen-bond donors (Lipinski definition) is 3. The van der Waals surface area contributed by atoms with Crippen LogP contribution in [-0.4, -0.2) is 34.2 Å². The largest absolute Gasteiger partial charge is 0.391 e. The summed E-state index contributed by atoms with van der Waals surface area (Å²) in [4.78, 5) is 11.0. The molecule has 0 spiro atoms. The highest BCUT2D eigenvalue weighted by molar-refractivity contribution is 5.81. The second kappa shape index (κ2) is 16.0. The van der Waals surface area contributed by atoms with Gasteiger partial charge in [0.1, 0.15) is 6.10 Å². The van der Waals surface area contributed by atoms with Crippen molar-refractivity contribution in [2.75, 3.05) is 0 Å². The fourth-order valence-electron chi connectivity index (χ4n) is 3.05. The third kappa shape index (κ3) is 12.9. The molecule has 0 saturated heterocycles. The number of aliphatic hydroxyl groups excluding tert-OH is 2. The monoisotopic (exact) mass is 343 g/mol. The summed E-state index contributed by atoms with van der Waals surface area (Å²) in [6, 6.07) is -0.861. The Morgan fingerprint density at radius 1 is 0.792 bits per heavy atom. The third-order valence-corrected chi connectivity index (χ3v) is 4.83. The maximum Gasteiger partial charge on any atom is 0.159 e. The highest BCUT2D eigenvalue weighted by Crippen LogP contribution is 2.14. The van der Waals surface area contributed by atoms with E-state index in [1.165, 1.54) is 77.6 Å². The molecule has 0 rings (SSSR count). The van der Waals surface area contributed by atoms with Gasteiger partial charge in [-0.05, 0) is 13.3 Å². The van der Waals surface area contributed by atoms with Crippen LogP contribution in [-0.2, 0) is 4.79 Å². The summed E-state index contributed by atoms with van der Waals surface area (Å²) in [5, 5.41) is 19.4. The molecule has 0 aromatic carbocycles. The first-order valence-corrected chi connectivity index (χ1v) is 10.1. The quantitative estimate of drug-likeness (QED) is 0.347. The van der Waals surface area contributed by atoms with Gasteiger partial charge in [-0.15, -0.1) is 0 Å². The number of carbonyl (C=O) groups excluding carboxylic acids is 1. The van der Waals surface area contributed by atoms with Crippen LogP contribution in [0.4, 0.5) is 0 Å². The zero-order valence-electron chi connectivity index (χ0n) is 16.0. The second-order valence-electron chi connectivity index (χ2n) is 7.23. The van der Waals surface area contributed by atoms with Gasteiger partial charge in [0.05, 0.1) is 12.1 Å². The molecule has 0 aliphatic carbocycles. The first-order valence-electron chi connectivity index (χ1n) is 10.1. The Bertz CT molecular complexity index is 297. The molecule has 0 aliphatic rings. The molecule has 0 fully saturated rings. The predicted molar refractivity (Wildman–Crippen MR) is 101 cm³/mol. The van der Waals surface area contributed by atoms with E-state index in [1.807, 2.05) is 0 Å². The fraction of sp³-hybridized carbons (Fsp3) is 0.950. The van der Waals surface area contributed by atoms with Crippen molar-refractivity contribution in [1.82, 2.24) is 0 Å². The smallest absolute Gasteiger partial charge is 0.159 e. The number of nitrogens with two attached hydrogens (primary N) is 1. The minimum absolute atomic E-state index is 0.382. The predicted octanol–water partition coefficient (Wildman–Crippen LogP) is 4.11. The van der Waals surface area contributed by atoms with E-state index in [0.29, 0.717) is 6.42 Å². The minimum Gasteiger partial charge on any atom is -0.391 e. The van der Waals surface area contributed by atoms with Gasteiger partial charge < -0.3 is 15.9 Å². The standard InChI is InChI=1S/C20H41NO3/c1-3-4-5-6-7-8-9-10-11-12-13-14-15-16-18(23)19(21)20(24)17(2)22/h18-20,23-24H,3-16,21H2,1-2H3/t18-,19-,20?/m1/s1. The van der Waals surface area contributed by atoms with E-state index in [0.717, 1.165) is 12.8 Å². The van der Waals surface area contributed by atoms with Crippen LogP contribution in [0.3, 0.4) is 0 Å². The zero-order valence-corrected chi connectivity index (χ0v) is 16.0. The highest BCUT2D eigenvalue weighted by Gasteiger charge is 2.25. The van der Waals surface area contributed by atoms with Crippen LogP contribution in [0.2, 0.25) is 0 Å². The molecule has 0 aromatic rings. The van der Waals surface area contributed by atoms with Crippen molar-refractivity contribution < 1.29 is 15.0 Å². The first kappa shape index (κ1) is 23.5. The van der Waals surface area contributed by atoms with Gasteiger partial charge in [-0.25, -0.2) is 0 Å². The Labute approximate surface area is 149 Å². The van der Waals surface area contributed by atoms with E-state index in [9.17, 15) is 15.0 Å². The van der Waals surface area contributed by atoms with Gasteiger partial charge in [0.2, 0.25) is 0 Å². The minimum atomic E-state index is -1.25. The summed E-state index contributed by atoms with van der Waals surface area (Å²) >= 11 is 0. The normalized spacial score (nSPS) is 15.2. The molecule has 24 heavy (non-hydrogen) atoms. The van der Waals surface area contributed by atoms with Crippen molar-refractivity contribution in [3.8, 4) is 0 Å². The molecule has 0 saturated carbocycles. The van der Waals surface area contributed by atoms with Crippen LogP contribution in [0.1, 0.15) is 104 Å². The second-order valence-corrected chi connectivity index (χ2v) is 7.23. The Morgan fingerprint density at radius 3 is 1.54 bits per heavy atom. The molecule has 4 nitrogen and oxygen atoms in total. The molecular formula is C20H41NO3. The lowest BCUT2D eigenvalue weighted by Gasteiger charge is -2.22. The lowest BCUT2D eigenvalue weighted by Crippen LogP contribution is -2.47. The van der Waals surface area contributed by atoms with E-state index in [1.54, 1.807) is 0 Å². The number of Topliss-reactive ketones (excluding diaryl/α,β-unsaturated/α-hetero) is 1. The van der Waals surface area contributed by atoms with Crippen molar-refractivity contribution in [2.24, 2.45) is 5.73 Å². The van der Waals surface area contributed by atoms with Crippen LogP contribution < -0.4 is 5.73 Å². The summed E-state index contributed by atoms with van der Waals surface area (Å²) in [6.07, 6.45) is 15.2. The lowest BCUT2D eigenvalue weighted by molar-refractivity contribution is -0.127. The molecule has 4 heteroatoms. The van der Waals surface area contributed by atoms with E-state index in [2.05, 4.69) is 6.92 Å². The summed E-state index contributed by atoms with van der Waals surface area (Å²) < 4.78 is 0. The van der Waals surface area contributed by atoms with Crippen LogP contribution >= 0.6 is 0 Å². The zero-order chi connectivity index (χ0) is 18.2. The average Bonchev–Trinajstić information content (AvgIpc) is 2.57. The Balaban J connectivity index is 3.34. The number of unbranched alkanes of at least 4 members (excludes halogenated alkanes) is 12.